The highest BCUT2D eigenvalue weighted by molar-refractivity contribution is 5.93. The molecule has 1 fully saturated rings. The minimum atomic E-state index is 0.0315. The summed E-state index contributed by atoms with van der Waals surface area (Å²) in [6.45, 7) is 6.68. The highest BCUT2D eigenvalue weighted by Crippen LogP contribution is 2.41. The van der Waals surface area contributed by atoms with Crippen molar-refractivity contribution in [3.8, 4) is 0 Å². The number of aliphatic hydroxyl groups excluding tert-OH is 1. The van der Waals surface area contributed by atoms with Crippen molar-refractivity contribution in [2.24, 2.45) is 23.7 Å². The molecule has 3 heteroatoms. The third kappa shape index (κ3) is 3.40. The highest BCUT2D eigenvalue weighted by atomic mass is 16.3. The maximum absolute atomic E-state index is 12.5. The second kappa shape index (κ2) is 6.40. The van der Waals surface area contributed by atoms with E-state index in [0.717, 1.165) is 24.1 Å². The predicted molar refractivity (Wildman–Crippen MR) is 81.2 cm³/mol. The molecule has 2 rings (SSSR count). The summed E-state index contributed by atoms with van der Waals surface area (Å²) in [7, 11) is 0. The summed E-state index contributed by atoms with van der Waals surface area (Å²) < 4.78 is 0. The summed E-state index contributed by atoms with van der Waals surface area (Å²) in [4.78, 5) is 12.5. The van der Waals surface area contributed by atoms with Gasteiger partial charge in [-0.2, -0.15) is 0 Å². The fourth-order valence-corrected chi connectivity index (χ4v) is 3.30. The predicted octanol–water partition coefficient (Wildman–Crippen LogP) is 3.44. The average Bonchev–Trinajstić information content (AvgIpc) is 2.82. The van der Waals surface area contributed by atoms with Crippen LogP contribution in [0.15, 0.2) is 24.3 Å². The molecule has 1 amide bonds. The van der Waals surface area contributed by atoms with Gasteiger partial charge in [-0.3, -0.25) is 4.79 Å². The first-order chi connectivity index (χ1) is 9.51. The molecular formula is C17H25NO2. The number of rotatable bonds is 4. The van der Waals surface area contributed by atoms with Gasteiger partial charge in [-0.05, 0) is 48.3 Å². The number of nitrogens with one attached hydrogen (secondary N) is 1. The topological polar surface area (TPSA) is 49.3 Å². The Labute approximate surface area is 121 Å². The van der Waals surface area contributed by atoms with Gasteiger partial charge in [0.15, 0.2) is 0 Å². The number of anilines is 1. The zero-order valence-electron chi connectivity index (χ0n) is 12.6. The van der Waals surface area contributed by atoms with Crippen molar-refractivity contribution in [3.05, 3.63) is 29.8 Å². The van der Waals surface area contributed by atoms with Crippen LogP contribution in [0.3, 0.4) is 0 Å². The van der Waals surface area contributed by atoms with E-state index in [1.165, 1.54) is 0 Å². The van der Waals surface area contributed by atoms with Crippen molar-refractivity contribution >= 4 is 11.6 Å². The fraction of sp³-hybridized carbons (Fsp3) is 0.588. The van der Waals surface area contributed by atoms with Crippen molar-refractivity contribution in [1.29, 1.82) is 0 Å². The number of hydrogen-bond acceptors (Lipinski definition) is 2. The largest absolute Gasteiger partial charge is 0.392 e. The number of carbonyl (C=O) groups is 1. The second-order valence-corrected chi connectivity index (χ2v) is 6.44. The average molecular weight is 275 g/mol. The van der Waals surface area contributed by atoms with Gasteiger partial charge in [0.2, 0.25) is 5.91 Å². The molecule has 1 aromatic rings. The molecule has 3 atom stereocenters. The summed E-state index contributed by atoms with van der Waals surface area (Å²) >= 11 is 0. The van der Waals surface area contributed by atoms with Gasteiger partial charge in [-0.25, -0.2) is 0 Å². The second-order valence-electron chi connectivity index (χ2n) is 6.44. The van der Waals surface area contributed by atoms with Crippen LogP contribution in [0.4, 0.5) is 5.69 Å². The molecule has 0 aliphatic heterocycles. The first-order valence-corrected chi connectivity index (χ1v) is 7.52. The molecule has 1 aromatic carbocycles. The maximum atomic E-state index is 12.5. The van der Waals surface area contributed by atoms with E-state index in [2.05, 4.69) is 26.1 Å². The third-order valence-electron chi connectivity index (χ3n) is 4.44. The highest BCUT2D eigenvalue weighted by Gasteiger charge is 2.38. The van der Waals surface area contributed by atoms with Crippen molar-refractivity contribution in [1.82, 2.24) is 0 Å². The molecule has 0 bridgehead atoms. The summed E-state index contributed by atoms with van der Waals surface area (Å²) in [6.07, 6.45) is 2.14. The number of carbonyl (C=O) groups excluding carboxylic acids is 1. The minimum absolute atomic E-state index is 0.0315. The lowest BCUT2D eigenvalue weighted by molar-refractivity contribution is -0.121. The number of aliphatic hydroxyl groups is 1. The minimum Gasteiger partial charge on any atom is -0.392 e. The van der Waals surface area contributed by atoms with E-state index in [0.29, 0.717) is 17.8 Å². The van der Waals surface area contributed by atoms with Gasteiger partial charge in [0.1, 0.15) is 0 Å². The molecule has 110 valence electrons. The van der Waals surface area contributed by atoms with Gasteiger partial charge in [0.05, 0.1) is 6.61 Å². The van der Waals surface area contributed by atoms with Crippen molar-refractivity contribution < 1.29 is 9.90 Å². The Bertz CT molecular complexity index is 453. The lowest BCUT2D eigenvalue weighted by Gasteiger charge is -2.22. The quantitative estimate of drug-likeness (QED) is 0.884. The normalized spacial score (nSPS) is 25.9. The molecule has 1 aliphatic rings. The smallest absolute Gasteiger partial charge is 0.227 e. The lowest BCUT2D eigenvalue weighted by Crippen LogP contribution is -2.28. The van der Waals surface area contributed by atoms with Gasteiger partial charge in [-0.1, -0.05) is 32.9 Å². The van der Waals surface area contributed by atoms with E-state index >= 15 is 0 Å². The number of hydrogen-bond donors (Lipinski definition) is 2. The molecule has 0 heterocycles. The molecule has 3 nitrogen and oxygen atoms in total. The number of amides is 1. The molecule has 3 unspecified atom stereocenters. The van der Waals surface area contributed by atoms with Gasteiger partial charge in [-0.15, -0.1) is 0 Å². The molecule has 0 radical (unpaired) electrons. The summed E-state index contributed by atoms with van der Waals surface area (Å²) in [5.41, 5.74) is 1.67. The molecule has 2 N–H and O–H groups in total. The Balaban J connectivity index is 2.03. The van der Waals surface area contributed by atoms with E-state index in [1.54, 1.807) is 0 Å². The number of benzene rings is 1. The van der Waals surface area contributed by atoms with Gasteiger partial charge in [0.25, 0.3) is 0 Å². The van der Waals surface area contributed by atoms with E-state index in [1.807, 2.05) is 24.3 Å². The van der Waals surface area contributed by atoms with E-state index in [4.69, 9.17) is 5.11 Å². The van der Waals surface area contributed by atoms with Crippen LogP contribution in [0.2, 0.25) is 0 Å². The first kappa shape index (κ1) is 15.0. The van der Waals surface area contributed by atoms with Crippen LogP contribution < -0.4 is 5.32 Å². The molecule has 0 spiro atoms. The molecule has 20 heavy (non-hydrogen) atoms. The monoisotopic (exact) mass is 275 g/mol. The van der Waals surface area contributed by atoms with E-state index < -0.39 is 0 Å². The van der Waals surface area contributed by atoms with Crippen LogP contribution in [0.1, 0.15) is 39.2 Å². The van der Waals surface area contributed by atoms with Crippen molar-refractivity contribution in [3.63, 3.8) is 0 Å². The molecule has 0 aromatic heterocycles. The van der Waals surface area contributed by atoms with E-state index in [9.17, 15) is 4.79 Å². The van der Waals surface area contributed by atoms with Gasteiger partial charge >= 0.3 is 0 Å². The Morgan fingerprint density at radius 3 is 2.50 bits per heavy atom. The van der Waals surface area contributed by atoms with Crippen LogP contribution >= 0.6 is 0 Å². The SMILES string of the molecule is CC1CC(C(=O)Nc2ccc(CO)cc2)C(C(C)C)C1. The Morgan fingerprint density at radius 2 is 1.95 bits per heavy atom. The Morgan fingerprint density at radius 1 is 1.30 bits per heavy atom. The Hall–Kier alpha value is -1.35. The van der Waals surface area contributed by atoms with Gasteiger partial charge in [0, 0.05) is 11.6 Å². The van der Waals surface area contributed by atoms with Crippen molar-refractivity contribution in [2.45, 2.75) is 40.2 Å². The zero-order chi connectivity index (χ0) is 14.7. The van der Waals surface area contributed by atoms with Crippen molar-refractivity contribution in [2.75, 3.05) is 5.32 Å². The fourth-order valence-electron chi connectivity index (χ4n) is 3.30. The standard InChI is InChI=1S/C17H25NO2/c1-11(2)15-8-12(3)9-16(15)17(20)18-14-6-4-13(10-19)5-7-14/h4-7,11-12,15-16,19H,8-10H2,1-3H3,(H,18,20). The summed E-state index contributed by atoms with van der Waals surface area (Å²) in [5.74, 6) is 1.94. The molecule has 0 saturated heterocycles. The maximum Gasteiger partial charge on any atom is 0.227 e. The van der Waals surface area contributed by atoms with E-state index in [-0.39, 0.29) is 18.4 Å². The molecule has 1 saturated carbocycles. The van der Waals surface area contributed by atoms with Crippen LogP contribution in [0.5, 0.6) is 0 Å². The van der Waals surface area contributed by atoms with Gasteiger partial charge < -0.3 is 10.4 Å². The zero-order valence-corrected chi connectivity index (χ0v) is 12.6. The van der Waals surface area contributed by atoms with Crippen LogP contribution in [0.25, 0.3) is 0 Å². The Kier molecular flexibility index (Phi) is 4.81. The summed E-state index contributed by atoms with van der Waals surface area (Å²) in [5, 5.41) is 12.0. The third-order valence-corrected chi connectivity index (χ3v) is 4.44. The van der Waals surface area contributed by atoms with Crippen LogP contribution in [0, 0.1) is 23.7 Å². The molecule has 1 aliphatic carbocycles. The van der Waals surface area contributed by atoms with Crippen LogP contribution in [-0.2, 0) is 11.4 Å². The lowest BCUT2D eigenvalue weighted by atomic mass is 9.85. The molecular weight excluding hydrogens is 250 g/mol. The first-order valence-electron chi connectivity index (χ1n) is 7.52. The summed E-state index contributed by atoms with van der Waals surface area (Å²) in [6, 6.07) is 7.39. The van der Waals surface area contributed by atoms with Crippen LogP contribution in [-0.4, -0.2) is 11.0 Å².